The topological polar surface area (TPSA) is 69.8 Å². The van der Waals surface area contributed by atoms with Crippen LogP contribution in [0.3, 0.4) is 0 Å². The van der Waals surface area contributed by atoms with Gasteiger partial charge >= 0.3 is 0 Å². The summed E-state index contributed by atoms with van der Waals surface area (Å²) in [4.78, 5) is 9.26. The summed E-state index contributed by atoms with van der Waals surface area (Å²) in [6.07, 6.45) is 1.76. The Balaban J connectivity index is 1.72. The Labute approximate surface area is 177 Å². The lowest BCUT2D eigenvalue weighted by molar-refractivity contribution is 0.477. The maximum absolute atomic E-state index is 10.2. The van der Waals surface area contributed by atoms with E-state index in [9.17, 15) is 10.4 Å². The minimum atomic E-state index is 0.202. The second kappa shape index (κ2) is 7.43. The van der Waals surface area contributed by atoms with Crippen LogP contribution in [0, 0.1) is 11.3 Å². The van der Waals surface area contributed by atoms with Crippen LogP contribution in [-0.4, -0.2) is 15.1 Å². The number of aromatic hydroxyl groups is 1. The number of hydrogen-bond donors (Lipinski definition) is 1. The van der Waals surface area contributed by atoms with E-state index in [0.29, 0.717) is 11.1 Å². The number of aromatic nitrogens is 2. The summed E-state index contributed by atoms with van der Waals surface area (Å²) in [5.74, 6) is 0.202. The molecule has 0 radical (unpaired) electrons. The van der Waals surface area contributed by atoms with E-state index >= 15 is 0 Å². The fourth-order valence-corrected chi connectivity index (χ4v) is 4.52. The molecule has 0 bridgehead atoms. The lowest BCUT2D eigenvalue weighted by Gasteiger charge is -2.08. The Morgan fingerprint density at radius 3 is 2.47 bits per heavy atom. The zero-order valence-corrected chi connectivity index (χ0v) is 16.6. The van der Waals surface area contributed by atoms with Gasteiger partial charge in [0.2, 0.25) is 0 Å². The molecule has 0 aliphatic heterocycles. The number of para-hydroxylation sites is 2. The predicted octanol–water partition coefficient (Wildman–Crippen LogP) is 6.27. The molecule has 3 aromatic carbocycles. The number of nitriles is 1. The molecule has 0 atom stereocenters. The molecule has 5 rings (SSSR count). The number of benzene rings is 3. The third-order valence-electron chi connectivity index (χ3n) is 4.94. The zero-order valence-electron chi connectivity index (χ0n) is 15.8. The van der Waals surface area contributed by atoms with Crippen molar-refractivity contribution in [1.29, 1.82) is 5.26 Å². The van der Waals surface area contributed by atoms with Crippen molar-refractivity contribution in [1.82, 2.24) is 9.97 Å². The standard InChI is InChI=1S/C25H15N3OS/c26-15-17-12-11-16(21-8-3-4-13-27-21)14-20(17)18-7-5-10-23-24(18)28-25(30-23)19-6-1-2-9-22(19)29/h1-14,29H. The van der Waals surface area contributed by atoms with Crippen molar-refractivity contribution in [2.45, 2.75) is 0 Å². The van der Waals surface area contributed by atoms with Crippen LogP contribution in [0.1, 0.15) is 5.56 Å². The number of rotatable bonds is 3. The summed E-state index contributed by atoms with van der Waals surface area (Å²) in [7, 11) is 0. The highest BCUT2D eigenvalue weighted by Gasteiger charge is 2.16. The van der Waals surface area contributed by atoms with Gasteiger partial charge in [-0.25, -0.2) is 4.98 Å². The van der Waals surface area contributed by atoms with Crippen molar-refractivity contribution < 1.29 is 5.11 Å². The predicted molar refractivity (Wildman–Crippen MR) is 120 cm³/mol. The summed E-state index contributed by atoms with van der Waals surface area (Å²) in [6.45, 7) is 0. The third kappa shape index (κ3) is 3.10. The molecule has 0 amide bonds. The average Bonchev–Trinajstić information content (AvgIpc) is 3.24. The first-order chi connectivity index (χ1) is 14.7. The van der Waals surface area contributed by atoms with Crippen LogP contribution in [0.15, 0.2) is 85.1 Å². The van der Waals surface area contributed by atoms with Gasteiger partial charge in [0.15, 0.2) is 0 Å². The van der Waals surface area contributed by atoms with Gasteiger partial charge in [0.1, 0.15) is 10.8 Å². The molecule has 1 N–H and O–H groups in total. The van der Waals surface area contributed by atoms with Gasteiger partial charge in [-0.05, 0) is 42.5 Å². The van der Waals surface area contributed by atoms with Crippen LogP contribution in [0.25, 0.3) is 43.2 Å². The fourth-order valence-electron chi connectivity index (χ4n) is 3.49. The molecule has 0 unspecified atom stereocenters. The molecule has 0 aliphatic carbocycles. The maximum Gasteiger partial charge on any atom is 0.128 e. The van der Waals surface area contributed by atoms with Gasteiger partial charge < -0.3 is 5.11 Å². The van der Waals surface area contributed by atoms with E-state index in [2.05, 4.69) is 11.1 Å². The second-order valence-electron chi connectivity index (χ2n) is 6.78. The lowest BCUT2D eigenvalue weighted by atomic mass is 9.96. The molecule has 0 aliphatic rings. The first kappa shape index (κ1) is 18.0. The van der Waals surface area contributed by atoms with Crippen molar-refractivity contribution >= 4 is 21.6 Å². The van der Waals surface area contributed by atoms with Crippen molar-refractivity contribution in [3.05, 3.63) is 90.6 Å². The summed E-state index contributed by atoms with van der Waals surface area (Å²) < 4.78 is 0.998. The summed E-state index contributed by atoms with van der Waals surface area (Å²) >= 11 is 1.52. The number of nitrogens with zero attached hydrogens (tertiary/aromatic N) is 3. The van der Waals surface area contributed by atoms with E-state index in [1.165, 1.54) is 11.3 Å². The summed E-state index contributed by atoms with van der Waals surface area (Å²) in [6, 6.07) is 27.0. The molecule has 5 heteroatoms. The van der Waals surface area contributed by atoms with Crippen LogP contribution < -0.4 is 0 Å². The highest BCUT2D eigenvalue weighted by Crippen LogP contribution is 2.39. The van der Waals surface area contributed by atoms with Gasteiger partial charge in [-0.1, -0.05) is 36.4 Å². The summed E-state index contributed by atoms with van der Waals surface area (Å²) in [5, 5.41) is 20.7. The van der Waals surface area contributed by atoms with E-state index in [1.807, 2.05) is 66.7 Å². The van der Waals surface area contributed by atoms with E-state index in [4.69, 9.17) is 4.98 Å². The first-order valence-corrected chi connectivity index (χ1v) is 10.2. The molecule has 30 heavy (non-hydrogen) atoms. The van der Waals surface area contributed by atoms with Crippen molar-refractivity contribution in [3.63, 3.8) is 0 Å². The van der Waals surface area contributed by atoms with Gasteiger partial charge in [0.05, 0.1) is 33.1 Å². The lowest BCUT2D eigenvalue weighted by Crippen LogP contribution is -1.89. The average molecular weight is 405 g/mol. The molecular formula is C25H15N3OS. The largest absolute Gasteiger partial charge is 0.507 e. The molecule has 2 heterocycles. The molecular weight excluding hydrogens is 390 g/mol. The van der Waals surface area contributed by atoms with E-state index < -0.39 is 0 Å². The fraction of sp³-hybridized carbons (Fsp3) is 0. The summed E-state index contributed by atoms with van der Waals surface area (Å²) in [5.41, 5.74) is 5.60. The normalized spacial score (nSPS) is 10.8. The van der Waals surface area contributed by atoms with Crippen LogP contribution in [-0.2, 0) is 0 Å². The molecule has 5 aromatic rings. The minimum Gasteiger partial charge on any atom is -0.507 e. The van der Waals surface area contributed by atoms with E-state index in [-0.39, 0.29) is 5.75 Å². The highest BCUT2D eigenvalue weighted by atomic mass is 32.1. The SMILES string of the molecule is N#Cc1ccc(-c2ccccn2)cc1-c1cccc2sc(-c3ccccc3O)nc12. The number of phenolic OH excluding ortho intramolecular Hbond substituents is 1. The van der Waals surface area contributed by atoms with Crippen LogP contribution in [0.5, 0.6) is 5.75 Å². The number of phenols is 1. The second-order valence-corrected chi connectivity index (χ2v) is 7.81. The monoisotopic (exact) mass is 405 g/mol. The van der Waals surface area contributed by atoms with Gasteiger partial charge in [-0.2, -0.15) is 5.26 Å². The minimum absolute atomic E-state index is 0.202. The molecule has 2 aromatic heterocycles. The molecule has 0 spiro atoms. The van der Waals surface area contributed by atoms with Gasteiger partial charge in [0, 0.05) is 22.9 Å². The molecule has 4 nitrogen and oxygen atoms in total. The Morgan fingerprint density at radius 1 is 0.833 bits per heavy atom. The van der Waals surface area contributed by atoms with Crippen LogP contribution >= 0.6 is 11.3 Å². The van der Waals surface area contributed by atoms with Crippen LogP contribution in [0.2, 0.25) is 0 Å². The Morgan fingerprint density at radius 2 is 1.67 bits per heavy atom. The van der Waals surface area contributed by atoms with Gasteiger partial charge in [0.25, 0.3) is 0 Å². The van der Waals surface area contributed by atoms with E-state index in [1.54, 1.807) is 18.3 Å². The van der Waals surface area contributed by atoms with Gasteiger partial charge in [-0.15, -0.1) is 11.3 Å². The van der Waals surface area contributed by atoms with Crippen molar-refractivity contribution in [3.8, 4) is 44.8 Å². The van der Waals surface area contributed by atoms with E-state index in [0.717, 1.165) is 37.6 Å². The van der Waals surface area contributed by atoms with Crippen LogP contribution in [0.4, 0.5) is 0 Å². The number of pyridine rings is 1. The highest BCUT2D eigenvalue weighted by molar-refractivity contribution is 7.21. The Hall–Kier alpha value is -4.01. The Kier molecular flexibility index (Phi) is 4.47. The molecule has 0 fully saturated rings. The number of fused-ring (bicyclic) bond motifs is 1. The quantitative estimate of drug-likeness (QED) is 0.384. The van der Waals surface area contributed by atoms with Crippen molar-refractivity contribution in [2.24, 2.45) is 0 Å². The molecule has 0 saturated heterocycles. The van der Waals surface area contributed by atoms with Crippen molar-refractivity contribution in [2.75, 3.05) is 0 Å². The molecule has 142 valence electrons. The maximum atomic E-state index is 10.2. The molecule has 0 saturated carbocycles. The smallest absolute Gasteiger partial charge is 0.128 e. The Bertz CT molecular complexity index is 1420. The third-order valence-corrected chi connectivity index (χ3v) is 6.00. The first-order valence-electron chi connectivity index (χ1n) is 9.38. The van der Waals surface area contributed by atoms with Gasteiger partial charge in [-0.3, -0.25) is 4.98 Å². The zero-order chi connectivity index (χ0) is 20.5. The number of thiazole rings is 1. The number of hydrogen-bond acceptors (Lipinski definition) is 5.